The summed E-state index contributed by atoms with van der Waals surface area (Å²) >= 11 is 14.7. The summed E-state index contributed by atoms with van der Waals surface area (Å²) in [5.74, 6) is 1.72. The summed E-state index contributed by atoms with van der Waals surface area (Å²) in [6.07, 6.45) is 4.08. The summed E-state index contributed by atoms with van der Waals surface area (Å²) in [5.41, 5.74) is 18.1. The number of pyridine rings is 4. The number of piperazine rings is 4. The number of carbonyl (C=O) groups is 2. The van der Waals surface area contributed by atoms with Crippen LogP contribution in [-0.2, 0) is 9.59 Å². The maximum atomic E-state index is 11.7. The number of halogens is 3. The van der Waals surface area contributed by atoms with E-state index in [1.165, 1.54) is 30.2 Å². The fraction of sp³-hybridized carbons (Fsp3) is 0.577. The van der Waals surface area contributed by atoms with E-state index in [9.17, 15) is 9.59 Å². The maximum absolute atomic E-state index is 11.7. The highest BCUT2D eigenvalue weighted by molar-refractivity contribution is 9.10. The third kappa shape index (κ3) is 20.5. The molecule has 2 saturated carbocycles. The molecule has 4 aromatic rings. The molecular weight excluding hydrogens is 1020 g/mol. The van der Waals surface area contributed by atoms with Crippen molar-refractivity contribution < 1.29 is 9.59 Å². The van der Waals surface area contributed by atoms with Crippen LogP contribution in [0.1, 0.15) is 48.5 Å². The van der Waals surface area contributed by atoms with Gasteiger partial charge < -0.3 is 56.4 Å². The van der Waals surface area contributed by atoms with Crippen LogP contribution in [-0.4, -0.2) is 184 Å². The number of hydrogen-bond acceptors (Lipinski definition) is 15. The van der Waals surface area contributed by atoms with Crippen molar-refractivity contribution >= 4 is 79.6 Å². The van der Waals surface area contributed by atoms with Crippen molar-refractivity contribution in [2.45, 2.75) is 53.4 Å². The predicted molar refractivity (Wildman–Crippen MR) is 301 cm³/mol. The lowest BCUT2D eigenvalue weighted by molar-refractivity contribution is -0.119. The van der Waals surface area contributed by atoms with Crippen LogP contribution < -0.4 is 36.8 Å². The third-order valence-electron chi connectivity index (χ3n) is 13.2. The Kier molecular flexibility index (Phi) is 23.9. The lowest BCUT2D eigenvalue weighted by Gasteiger charge is -2.34. The summed E-state index contributed by atoms with van der Waals surface area (Å²) < 4.78 is 0.993. The molecule has 0 spiro atoms. The zero-order valence-corrected chi connectivity index (χ0v) is 47.0. The average Bonchev–Trinajstić information content (AvgIpc) is 4.28. The van der Waals surface area contributed by atoms with E-state index in [4.69, 9.17) is 34.7 Å². The molecule has 0 atom stereocenters. The highest BCUT2D eigenvalue weighted by Crippen LogP contribution is 2.31. The number of nitrogens with one attached hydrogen (secondary N) is 2. The van der Waals surface area contributed by atoms with Gasteiger partial charge in [-0.1, -0.05) is 23.2 Å². The minimum Gasteiger partial charge on any atom is -0.384 e. The molecule has 4 aliphatic heterocycles. The molecule has 6 N–H and O–H groups in total. The first-order chi connectivity index (χ1) is 34.4. The second-order valence-electron chi connectivity index (χ2n) is 19.4. The molecule has 2 aliphatic carbocycles. The van der Waals surface area contributed by atoms with Gasteiger partial charge in [-0.15, -0.1) is 0 Å². The van der Waals surface area contributed by atoms with Crippen LogP contribution in [0.3, 0.4) is 0 Å². The van der Waals surface area contributed by atoms with Crippen LogP contribution in [0.25, 0.3) is 0 Å². The lowest BCUT2D eigenvalue weighted by atomic mass is 10.2. The summed E-state index contributed by atoms with van der Waals surface area (Å²) in [6, 6.07) is 15.5. The summed E-state index contributed by atoms with van der Waals surface area (Å²) in [6.45, 7) is 25.7. The standard InChI is InChI=1S/C15H22N4O.C11H16ClN3.C11H18N4.C6H5BrClN.C5H12N2.C4H7NO/c1-11-13(19-9-7-18(2)8-10-19)5-6-14(16-11)17-15(20)12-3-4-12;2*1-9-10(3-4-11(12)13-9)15-7-5-14(2)6-8-15;1-4-5(7)2-3-6(8)9-4;1-7-4-2-6-3-5-7;5-4(6)3-1-2-3/h5-6,12H,3-4,7-10H2,1-2H3,(H,16,17,20);3-4H,5-8H2,1-2H3;3-4H,5-8H2,1-2H3,(H2,12,13);2-3H,1H3;6H,2-5H2,1H3;3H,1-2H2,(H2,5,6). The van der Waals surface area contributed by atoms with Gasteiger partial charge in [-0.2, -0.15) is 0 Å². The first-order valence-corrected chi connectivity index (χ1v) is 26.8. The van der Waals surface area contributed by atoms with Crippen LogP contribution in [0.15, 0.2) is 53.0 Å². The SMILES string of the molecule is CN1CCNCC1.Cc1nc(Cl)ccc1Br.Cc1nc(Cl)ccc1N1CCN(C)CC1.Cc1nc(N)ccc1N1CCN(C)CC1.Cc1nc(NC(=O)C2CC2)ccc1N1CCN(C)CC1.NC(=O)C1CC1. The number of nitrogens with two attached hydrogens (primary N) is 2. The van der Waals surface area contributed by atoms with Gasteiger partial charge in [-0.05, 0) is 146 Å². The van der Waals surface area contributed by atoms with Gasteiger partial charge in [0, 0.05) is 121 Å². The van der Waals surface area contributed by atoms with Crippen molar-refractivity contribution in [2.24, 2.45) is 17.6 Å². The monoisotopic (exact) mass is 1100 g/mol. The summed E-state index contributed by atoms with van der Waals surface area (Å²) in [5, 5.41) is 7.29. The number of anilines is 5. The van der Waals surface area contributed by atoms with Gasteiger partial charge in [0.2, 0.25) is 11.8 Å². The second kappa shape index (κ2) is 29.5. The normalized spacial score (nSPS) is 18.5. The number of hydrogen-bond donors (Lipinski definition) is 4. The number of nitrogens with zero attached hydrogens (tertiary/aromatic N) is 11. The first kappa shape index (κ1) is 58.5. The number of amides is 2. The Labute approximate surface area is 447 Å². The van der Waals surface area contributed by atoms with Gasteiger partial charge in [-0.3, -0.25) is 9.59 Å². The Balaban J connectivity index is 0.000000168. The van der Waals surface area contributed by atoms with E-state index in [1.807, 2.05) is 52.0 Å². The van der Waals surface area contributed by atoms with Crippen molar-refractivity contribution in [3.8, 4) is 0 Å². The van der Waals surface area contributed by atoms with Gasteiger partial charge in [0.1, 0.15) is 21.9 Å². The molecule has 6 fully saturated rings. The zero-order valence-electron chi connectivity index (χ0n) is 43.9. The molecule has 6 aliphatic rings. The molecule has 20 heteroatoms. The quantitative estimate of drug-likeness (QED) is 0.160. The average molecular weight is 1100 g/mol. The van der Waals surface area contributed by atoms with Crippen molar-refractivity contribution in [3.63, 3.8) is 0 Å². The molecule has 4 saturated heterocycles. The highest BCUT2D eigenvalue weighted by atomic mass is 79.9. The Morgan fingerprint density at radius 1 is 0.542 bits per heavy atom. The fourth-order valence-electron chi connectivity index (χ4n) is 8.10. The molecule has 0 bridgehead atoms. The van der Waals surface area contributed by atoms with Crippen molar-refractivity contribution in [3.05, 3.63) is 86.1 Å². The molecule has 4 aromatic heterocycles. The Bertz CT molecular complexity index is 2240. The van der Waals surface area contributed by atoms with Crippen LogP contribution in [0.2, 0.25) is 10.3 Å². The van der Waals surface area contributed by atoms with Crippen LogP contribution in [0, 0.1) is 39.5 Å². The second-order valence-corrected chi connectivity index (χ2v) is 21.1. The zero-order chi connectivity index (χ0) is 52.3. The van der Waals surface area contributed by atoms with E-state index < -0.39 is 0 Å². The van der Waals surface area contributed by atoms with Crippen LogP contribution in [0.5, 0.6) is 0 Å². The lowest BCUT2D eigenvalue weighted by Crippen LogP contribution is -2.44. The maximum Gasteiger partial charge on any atom is 0.228 e. The van der Waals surface area contributed by atoms with Gasteiger partial charge in [0.15, 0.2) is 0 Å². The number of primary amides is 1. The molecule has 0 aromatic carbocycles. The topological polar surface area (TPSA) is 184 Å². The molecule has 72 heavy (non-hydrogen) atoms. The van der Waals surface area contributed by atoms with Crippen molar-refractivity contribution in [1.82, 2.24) is 44.9 Å². The number of likely N-dealkylation sites (N-methyl/N-ethyl adjacent to an activating group) is 4. The summed E-state index contributed by atoms with van der Waals surface area (Å²) in [4.78, 5) is 55.3. The number of aryl methyl sites for hydroxylation is 4. The van der Waals surface area contributed by atoms with Gasteiger partial charge >= 0.3 is 0 Å². The van der Waals surface area contributed by atoms with Gasteiger partial charge in [-0.25, -0.2) is 19.9 Å². The van der Waals surface area contributed by atoms with Crippen LogP contribution in [0.4, 0.5) is 28.7 Å². The largest absolute Gasteiger partial charge is 0.384 e. The van der Waals surface area contributed by atoms with E-state index in [-0.39, 0.29) is 23.7 Å². The fourth-order valence-corrected chi connectivity index (χ4v) is 8.70. The Morgan fingerprint density at radius 3 is 1.28 bits per heavy atom. The molecule has 0 radical (unpaired) electrons. The molecule has 17 nitrogen and oxygen atoms in total. The van der Waals surface area contributed by atoms with E-state index >= 15 is 0 Å². The van der Waals surface area contributed by atoms with Gasteiger partial charge in [0.25, 0.3) is 0 Å². The highest BCUT2D eigenvalue weighted by Gasteiger charge is 2.30. The molecule has 8 heterocycles. The first-order valence-electron chi connectivity index (χ1n) is 25.3. The predicted octanol–water partition coefficient (Wildman–Crippen LogP) is 6.22. The van der Waals surface area contributed by atoms with Crippen molar-refractivity contribution in [1.29, 1.82) is 0 Å². The molecule has 10 rings (SSSR count). The molecule has 2 amide bonds. The number of nitrogen functional groups attached to an aromatic ring is 1. The van der Waals surface area contributed by atoms with E-state index in [0.717, 1.165) is 145 Å². The van der Waals surface area contributed by atoms with Gasteiger partial charge in [0.05, 0.1) is 39.8 Å². The molecule has 396 valence electrons. The van der Waals surface area contributed by atoms with Crippen LogP contribution >= 0.6 is 39.1 Å². The Morgan fingerprint density at radius 2 is 0.931 bits per heavy atom. The Hall–Kier alpha value is -4.40. The number of rotatable bonds is 6. The minimum atomic E-state index is -0.130. The minimum absolute atomic E-state index is 0.115. The number of aromatic nitrogens is 4. The smallest absolute Gasteiger partial charge is 0.228 e. The van der Waals surface area contributed by atoms with E-state index in [2.05, 4.69) is 127 Å². The molecule has 0 unspecified atom stereocenters. The van der Waals surface area contributed by atoms with E-state index in [0.29, 0.717) is 21.9 Å². The number of carbonyl (C=O) groups excluding carboxylic acids is 2. The third-order valence-corrected chi connectivity index (χ3v) is 14.5. The molecular formula is C52H80BrCl2N15O2. The van der Waals surface area contributed by atoms with Crippen molar-refractivity contribution in [2.75, 3.05) is 159 Å². The summed E-state index contributed by atoms with van der Waals surface area (Å²) in [7, 11) is 8.62. The van der Waals surface area contributed by atoms with E-state index in [1.54, 1.807) is 6.07 Å².